The first-order valence-electron chi connectivity index (χ1n) is 15.6. The van der Waals surface area contributed by atoms with Crippen molar-refractivity contribution in [2.75, 3.05) is 19.8 Å². The Labute approximate surface area is 224 Å². The Morgan fingerprint density at radius 2 is 0.944 bits per heavy atom. The SMILES string of the molecule is CCCCCCCCCCCCOB(OCCCCCCCCCCCC)OCCc1ccccn1. The topological polar surface area (TPSA) is 40.6 Å². The molecule has 1 aromatic rings. The zero-order valence-corrected chi connectivity index (χ0v) is 24.0. The van der Waals surface area contributed by atoms with Gasteiger partial charge in [0.25, 0.3) is 0 Å². The van der Waals surface area contributed by atoms with Crippen LogP contribution in [0.5, 0.6) is 0 Å². The maximum absolute atomic E-state index is 5.98. The minimum absolute atomic E-state index is 0.550. The highest BCUT2D eigenvalue weighted by Crippen LogP contribution is 2.12. The Balaban J connectivity index is 2.10. The highest BCUT2D eigenvalue weighted by molar-refractivity contribution is 6.36. The van der Waals surface area contributed by atoms with Crippen LogP contribution in [0, 0.1) is 0 Å². The van der Waals surface area contributed by atoms with Crippen LogP contribution in [0.15, 0.2) is 24.4 Å². The van der Waals surface area contributed by atoms with Crippen molar-refractivity contribution in [3.05, 3.63) is 30.1 Å². The zero-order chi connectivity index (χ0) is 25.8. The smallest absolute Gasteiger partial charge is 0.386 e. The van der Waals surface area contributed by atoms with Gasteiger partial charge in [0.05, 0.1) is 0 Å². The summed E-state index contributed by atoms with van der Waals surface area (Å²) in [7, 11) is -0.550. The molecule has 1 heterocycles. The van der Waals surface area contributed by atoms with Gasteiger partial charge in [0, 0.05) is 38.1 Å². The lowest BCUT2D eigenvalue weighted by Gasteiger charge is -2.15. The molecule has 0 aliphatic heterocycles. The van der Waals surface area contributed by atoms with Gasteiger partial charge in [0.2, 0.25) is 0 Å². The molecule has 0 amide bonds. The third-order valence-electron chi connectivity index (χ3n) is 6.84. The van der Waals surface area contributed by atoms with Gasteiger partial charge in [0.1, 0.15) is 0 Å². The molecule has 1 aromatic heterocycles. The number of hydrogen-bond donors (Lipinski definition) is 0. The fraction of sp³-hybridized carbons (Fsp3) is 0.839. The normalized spacial score (nSPS) is 11.3. The summed E-state index contributed by atoms with van der Waals surface area (Å²) in [6.45, 7) is 6.55. The van der Waals surface area contributed by atoms with Crippen molar-refractivity contribution in [1.29, 1.82) is 0 Å². The molecule has 0 aliphatic rings. The number of hydrogen-bond acceptors (Lipinski definition) is 4. The van der Waals surface area contributed by atoms with Crippen molar-refractivity contribution in [3.63, 3.8) is 0 Å². The second-order valence-corrected chi connectivity index (χ2v) is 10.3. The van der Waals surface area contributed by atoms with Gasteiger partial charge in [-0.1, -0.05) is 135 Å². The molecule has 0 fully saturated rings. The van der Waals surface area contributed by atoms with Crippen molar-refractivity contribution in [2.45, 2.75) is 149 Å². The molecule has 0 atom stereocenters. The maximum atomic E-state index is 5.98. The Hall–Kier alpha value is -0.905. The number of unbranched alkanes of at least 4 members (excludes halogenated alkanes) is 18. The molecule has 0 aliphatic carbocycles. The van der Waals surface area contributed by atoms with Gasteiger partial charge in [-0.05, 0) is 25.0 Å². The van der Waals surface area contributed by atoms with Crippen molar-refractivity contribution in [2.24, 2.45) is 0 Å². The lowest BCUT2D eigenvalue weighted by atomic mass is 10.1. The van der Waals surface area contributed by atoms with E-state index < -0.39 is 7.32 Å². The quantitative estimate of drug-likeness (QED) is 0.0843. The number of pyridine rings is 1. The highest BCUT2D eigenvalue weighted by atomic mass is 16.7. The van der Waals surface area contributed by atoms with E-state index in [9.17, 15) is 0 Å². The van der Waals surface area contributed by atoms with Crippen LogP contribution in [0.4, 0.5) is 0 Å². The molecule has 0 spiro atoms. The average Bonchev–Trinajstić information content (AvgIpc) is 2.90. The van der Waals surface area contributed by atoms with Crippen LogP contribution in [0.2, 0.25) is 0 Å². The first-order chi connectivity index (χ1) is 17.9. The summed E-state index contributed by atoms with van der Waals surface area (Å²) >= 11 is 0. The van der Waals surface area contributed by atoms with Gasteiger partial charge in [-0.2, -0.15) is 0 Å². The number of aromatic nitrogens is 1. The Bertz CT molecular complexity index is 520. The Morgan fingerprint density at radius 3 is 1.36 bits per heavy atom. The van der Waals surface area contributed by atoms with E-state index in [1.165, 1.54) is 116 Å². The fourth-order valence-corrected chi connectivity index (χ4v) is 4.49. The molecule has 0 N–H and O–H groups in total. The van der Waals surface area contributed by atoms with Crippen molar-refractivity contribution in [1.82, 2.24) is 4.98 Å². The second kappa shape index (κ2) is 27.1. The second-order valence-electron chi connectivity index (χ2n) is 10.3. The van der Waals surface area contributed by atoms with Gasteiger partial charge in [0.15, 0.2) is 0 Å². The van der Waals surface area contributed by atoms with Gasteiger partial charge in [-0.25, -0.2) is 0 Å². The highest BCUT2D eigenvalue weighted by Gasteiger charge is 2.21. The third-order valence-corrected chi connectivity index (χ3v) is 6.84. The summed E-state index contributed by atoms with van der Waals surface area (Å²) in [6.07, 6.45) is 29.2. The largest absolute Gasteiger partial charge is 0.639 e. The lowest BCUT2D eigenvalue weighted by Crippen LogP contribution is -2.29. The summed E-state index contributed by atoms with van der Waals surface area (Å²) in [5.41, 5.74) is 1.04. The van der Waals surface area contributed by atoms with Crippen LogP contribution in [-0.2, 0) is 20.4 Å². The molecule has 5 heteroatoms. The summed E-state index contributed by atoms with van der Waals surface area (Å²) < 4.78 is 17.9. The van der Waals surface area contributed by atoms with Crippen molar-refractivity contribution in [3.8, 4) is 0 Å². The number of rotatable bonds is 28. The van der Waals surface area contributed by atoms with E-state index in [4.69, 9.17) is 14.0 Å². The maximum Gasteiger partial charge on any atom is 0.639 e. The van der Waals surface area contributed by atoms with Crippen LogP contribution < -0.4 is 0 Å². The molecule has 4 nitrogen and oxygen atoms in total. The molecule has 1 rings (SSSR count). The lowest BCUT2D eigenvalue weighted by molar-refractivity contribution is 0.0907. The van der Waals surface area contributed by atoms with E-state index >= 15 is 0 Å². The molecule has 0 unspecified atom stereocenters. The molecule has 0 saturated heterocycles. The summed E-state index contributed by atoms with van der Waals surface area (Å²) in [5, 5.41) is 0. The minimum Gasteiger partial charge on any atom is -0.386 e. The average molecular weight is 504 g/mol. The van der Waals surface area contributed by atoms with Crippen molar-refractivity contribution < 1.29 is 14.0 Å². The molecule has 36 heavy (non-hydrogen) atoms. The van der Waals surface area contributed by atoms with Crippen LogP contribution >= 0.6 is 0 Å². The van der Waals surface area contributed by atoms with Gasteiger partial charge in [-0.3, -0.25) is 4.98 Å². The molecule has 0 bridgehead atoms. The van der Waals surface area contributed by atoms with Crippen molar-refractivity contribution >= 4 is 7.32 Å². The molecular formula is C31H58BNO3. The van der Waals surface area contributed by atoms with Gasteiger partial charge >= 0.3 is 7.32 Å². The zero-order valence-electron chi connectivity index (χ0n) is 24.0. The molecule has 208 valence electrons. The summed E-state index contributed by atoms with van der Waals surface area (Å²) in [4.78, 5) is 4.38. The monoisotopic (exact) mass is 503 g/mol. The van der Waals surface area contributed by atoms with Crippen LogP contribution in [0.1, 0.15) is 148 Å². The standard InChI is InChI=1S/C31H58BNO3/c1-3-5-7-9-11-13-15-17-19-23-28-34-32(36-30-26-31-25-21-22-27-33-31)35-29-24-20-18-16-14-12-10-8-6-4-2/h21-22,25,27H,3-20,23-24,26,28-30H2,1-2H3. The molecule has 0 saturated carbocycles. The van der Waals surface area contributed by atoms with E-state index in [-0.39, 0.29) is 0 Å². The van der Waals surface area contributed by atoms with E-state index in [0.29, 0.717) is 19.8 Å². The molecule has 0 aromatic carbocycles. The minimum atomic E-state index is -0.550. The summed E-state index contributed by atoms with van der Waals surface area (Å²) in [6, 6.07) is 6.00. The third kappa shape index (κ3) is 22.3. The van der Waals surface area contributed by atoms with E-state index in [0.717, 1.165) is 25.0 Å². The van der Waals surface area contributed by atoms with Crippen LogP contribution in [0.3, 0.4) is 0 Å². The van der Waals surface area contributed by atoms with E-state index in [1.54, 1.807) is 0 Å². The van der Waals surface area contributed by atoms with E-state index in [2.05, 4.69) is 18.8 Å². The van der Waals surface area contributed by atoms with E-state index in [1.807, 2.05) is 24.4 Å². The number of nitrogens with zero attached hydrogens (tertiary/aromatic N) is 1. The predicted octanol–water partition coefficient (Wildman–Crippen LogP) is 9.50. The predicted molar refractivity (Wildman–Crippen MR) is 155 cm³/mol. The van der Waals surface area contributed by atoms with Crippen LogP contribution in [-0.4, -0.2) is 32.1 Å². The first kappa shape index (κ1) is 33.1. The van der Waals surface area contributed by atoms with Gasteiger partial charge in [-0.15, -0.1) is 0 Å². The Kier molecular flexibility index (Phi) is 25.0. The fourth-order valence-electron chi connectivity index (χ4n) is 4.49. The summed E-state index contributed by atoms with van der Waals surface area (Å²) in [5.74, 6) is 0. The van der Waals surface area contributed by atoms with Gasteiger partial charge < -0.3 is 14.0 Å². The van der Waals surface area contributed by atoms with Crippen LogP contribution in [0.25, 0.3) is 0 Å². The molecular weight excluding hydrogens is 445 g/mol. The first-order valence-corrected chi connectivity index (χ1v) is 15.6. The molecule has 0 radical (unpaired) electrons. The Morgan fingerprint density at radius 1 is 0.528 bits per heavy atom.